The molecule has 0 aliphatic carbocycles. The summed E-state index contributed by atoms with van der Waals surface area (Å²) in [6.07, 6.45) is 9.41. The maximum Gasteiger partial charge on any atom is 0.323 e. The van der Waals surface area contributed by atoms with Gasteiger partial charge in [-0.2, -0.15) is 0 Å². The van der Waals surface area contributed by atoms with Gasteiger partial charge < -0.3 is 9.64 Å². The van der Waals surface area contributed by atoms with Gasteiger partial charge in [0.1, 0.15) is 0 Å². The van der Waals surface area contributed by atoms with Crippen molar-refractivity contribution in [2.24, 2.45) is 0 Å². The van der Waals surface area contributed by atoms with Crippen LogP contribution >= 0.6 is 0 Å². The fraction of sp³-hybridized carbons (Fsp3) is 0.389. The Hall–Kier alpha value is -2.63. The average molecular weight is 326 g/mol. The quantitative estimate of drug-likeness (QED) is 0.935. The van der Waals surface area contributed by atoms with Crippen molar-refractivity contribution in [3.8, 4) is 5.75 Å². The van der Waals surface area contributed by atoms with E-state index in [9.17, 15) is 4.79 Å². The molecule has 0 saturated carbocycles. The lowest BCUT2D eigenvalue weighted by Gasteiger charge is -2.30. The van der Waals surface area contributed by atoms with E-state index in [0.29, 0.717) is 11.6 Å². The molecule has 1 aliphatic heterocycles. The first-order valence-corrected chi connectivity index (χ1v) is 8.26. The van der Waals surface area contributed by atoms with Gasteiger partial charge in [0.2, 0.25) is 0 Å². The first kappa shape index (κ1) is 16.2. The molecule has 1 aliphatic rings. The number of rotatable bonds is 3. The molecule has 1 fully saturated rings. The van der Waals surface area contributed by atoms with Crippen molar-refractivity contribution in [3.05, 3.63) is 48.4 Å². The Kier molecular flexibility index (Phi) is 5.25. The molecule has 6 heteroatoms. The third-order valence-corrected chi connectivity index (χ3v) is 4.32. The van der Waals surface area contributed by atoms with Crippen molar-refractivity contribution in [1.29, 1.82) is 0 Å². The highest BCUT2D eigenvalue weighted by Gasteiger charge is 2.27. The van der Waals surface area contributed by atoms with Crippen molar-refractivity contribution in [2.45, 2.75) is 31.7 Å². The van der Waals surface area contributed by atoms with Gasteiger partial charge in [-0.25, -0.2) is 9.78 Å². The van der Waals surface area contributed by atoms with Gasteiger partial charge in [0.05, 0.1) is 13.2 Å². The zero-order valence-electron chi connectivity index (χ0n) is 13.8. The Morgan fingerprint density at radius 3 is 2.83 bits per heavy atom. The number of nitrogens with zero attached hydrogens (tertiary/aromatic N) is 3. The summed E-state index contributed by atoms with van der Waals surface area (Å²) in [5.74, 6) is 1.00. The Bertz CT molecular complexity index is 678. The largest absolute Gasteiger partial charge is 0.493 e. The molecule has 2 amide bonds. The van der Waals surface area contributed by atoms with Crippen LogP contribution in [0.1, 0.15) is 37.3 Å². The normalized spacial score (nSPS) is 17.9. The summed E-state index contributed by atoms with van der Waals surface area (Å²) in [5.41, 5.74) is 1.12. The number of pyridine rings is 2. The molecule has 3 rings (SSSR count). The van der Waals surface area contributed by atoms with Gasteiger partial charge in [0.25, 0.3) is 0 Å². The Labute approximate surface area is 141 Å². The summed E-state index contributed by atoms with van der Waals surface area (Å²) in [7, 11) is 1.57. The van der Waals surface area contributed by atoms with Crippen molar-refractivity contribution in [3.63, 3.8) is 0 Å². The van der Waals surface area contributed by atoms with Crippen molar-refractivity contribution < 1.29 is 9.53 Å². The van der Waals surface area contributed by atoms with Crippen molar-refractivity contribution in [1.82, 2.24) is 14.9 Å². The summed E-state index contributed by atoms with van der Waals surface area (Å²) >= 11 is 0. The molecular formula is C18H22N4O2. The molecule has 3 heterocycles. The number of carbonyl (C=O) groups excluding carboxylic acids is 1. The fourth-order valence-electron chi connectivity index (χ4n) is 3.11. The second kappa shape index (κ2) is 7.77. The van der Waals surface area contributed by atoms with Gasteiger partial charge in [-0.05, 0) is 42.7 Å². The highest BCUT2D eigenvalue weighted by molar-refractivity contribution is 5.90. The first-order valence-electron chi connectivity index (χ1n) is 8.26. The van der Waals surface area contributed by atoms with Crippen LogP contribution in [0, 0.1) is 0 Å². The summed E-state index contributed by atoms with van der Waals surface area (Å²) in [6, 6.07) is 7.45. The standard InChI is InChI=1S/C18H22N4O2/c1-24-16-7-5-10-20-17(16)21-18(23)22-13-4-2-3-6-15(22)14-8-11-19-12-9-14/h5,7-12,15H,2-4,6,13H2,1H3,(H,20,21,23)/t15-/m1/s1. The van der Waals surface area contributed by atoms with E-state index in [0.717, 1.165) is 37.8 Å². The Balaban J connectivity index is 1.82. The Morgan fingerprint density at radius 2 is 2.04 bits per heavy atom. The monoisotopic (exact) mass is 326 g/mol. The lowest BCUT2D eigenvalue weighted by molar-refractivity contribution is 0.189. The predicted octanol–water partition coefficient (Wildman–Crippen LogP) is 3.63. The van der Waals surface area contributed by atoms with Crippen LogP contribution in [0.25, 0.3) is 0 Å². The zero-order chi connectivity index (χ0) is 16.8. The maximum atomic E-state index is 12.9. The minimum absolute atomic E-state index is 0.0604. The van der Waals surface area contributed by atoms with Crippen LogP contribution in [-0.2, 0) is 0 Å². The summed E-state index contributed by atoms with van der Waals surface area (Å²) in [5, 5.41) is 2.89. The minimum atomic E-state index is -0.143. The first-order chi connectivity index (χ1) is 11.8. The number of methoxy groups -OCH3 is 1. The average Bonchev–Trinajstić information content (AvgIpc) is 2.89. The molecule has 0 bridgehead atoms. The van der Waals surface area contributed by atoms with Crippen LogP contribution in [-0.4, -0.2) is 34.6 Å². The molecule has 1 saturated heterocycles. The molecule has 1 N–H and O–H groups in total. The van der Waals surface area contributed by atoms with Gasteiger partial charge in [0.15, 0.2) is 11.6 Å². The molecule has 0 radical (unpaired) electrons. The number of hydrogen-bond donors (Lipinski definition) is 1. The van der Waals surface area contributed by atoms with Gasteiger partial charge in [0, 0.05) is 25.1 Å². The van der Waals surface area contributed by atoms with Crippen LogP contribution in [0.2, 0.25) is 0 Å². The van der Waals surface area contributed by atoms with E-state index in [1.54, 1.807) is 37.8 Å². The van der Waals surface area contributed by atoms with Gasteiger partial charge in [-0.15, -0.1) is 0 Å². The molecular weight excluding hydrogens is 304 g/mol. The molecule has 6 nitrogen and oxygen atoms in total. The summed E-state index contributed by atoms with van der Waals surface area (Å²) < 4.78 is 5.27. The number of amides is 2. The molecule has 0 aromatic carbocycles. The third-order valence-electron chi connectivity index (χ3n) is 4.32. The van der Waals surface area contributed by atoms with Crippen LogP contribution < -0.4 is 10.1 Å². The minimum Gasteiger partial charge on any atom is -0.493 e. The molecule has 2 aromatic heterocycles. The molecule has 2 aromatic rings. The van der Waals surface area contributed by atoms with E-state index in [2.05, 4.69) is 15.3 Å². The van der Waals surface area contributed by atoms with Crippen LogP contribution in [0.15, 0.2) is 42.9 Å². The van der Waals surface area contributed by atoms with Crippen LogP contribution in [0.4, 0.5) is 10.6 Å². The number of nitrogens with one attached hydrogen (secondary N) is 1. The molecule has 0 unspecified atom stereocenters. The summed E-state index contributed by atoms with van der Waals surface area (Å²) in [6.45, 7) is 0.730. The van der Waals surface area contributed by atoms with Crippen molar-refractivity contribution in [2.75, 3.05) is 19.0 Å². The van der Waals surface area contributed by atoms with E-state index in [1.165, 1.54) is 0 Å². The van der Waals surface area contributed by atoms with Crippen molar-refractivity contribution >= 4 is 11.8 Å². The lowest BCUT2D eigenvalue weighted by atomic mass is 10.0. The number of aromatic nitrogens is 2. The van der Waals surface area contributed by atoms with Gasteiger partial charge in [-0.1, -0.05) is 12.8 Å². The molecule has 0 spiro atoms. The topological polar surface area (TPSA) is 67.3 Å². The van der Waals surface area contributed by atoms with Gasteiger partial charge >= 0.3 is 6.03 Å². The Morgan fingerprint density at radius 1 is 1.21 bits per heavy atom. The zero-order valence-corrected chi connectivity index (χ0v) is 13.8. The lowest BCUT2D eigenvalue weighted by Crippen LogP contribution is -2.38. The molecule has 1 atom stereocenters. The van der Waals surface area contributed by atoms with E-state index in [4.69, 9.17) is 4.74 Å². The highest BCUT2D eigenvalue weighted by Crippen LogP contribution is 2.31. The van der Waals surface area contributed by atoms with E-state index < -0.39 is 0 Å². The van der Waals surface area contributed by atoms with Crippen LogP contribution in [0.3, 0.4) is 0 Å². The number of likely N-dealkylation sites (tertiary alicyclic amines) is 1. The second-order valence-corrected chi connectivity index (χ2v) is 5.82. The van der Waals surface area contributed by atoms with Crippen LogP contribution in [0.5, 0.6) is 5.75 Å². The summed E-state index contributed by atoms with van der Waals surface area (Å²) in [4.78, 5) is 23.1. The number of hydrogen-bond acceptors (Lipinski definition) is 4. The number of ether oxygens (including phenoxy) is 1. The second-order valence-electron chi connectivity index (χ2n) is 5.82. The smallest absolute Gasteiger partial charge is 0.323 e. The van der Waals surface area contributed by atoms with E-state index in [-0.39, 0.29) is 12.1 Å². The third kappa shape index (κ3) is 3.64. The number of anilines is 1. The van der Waals surface area contributed by atoms with Gasteiger partial charge in [-0.3, -0.25) is 10.3 Å². The fourth-order valence-corrected chi connectivity index (χ4v) is 3.11. The van der Waals surface area contributed by atoms with E-state index >= 15 is 0 Å². The number of urea groups is 1. The predicted molar refractivity (Wildman–Crippen MR) is 92.0 cm³/mol. The molecule has 126 valence electrons. The highest BCUT2D eigenvalue weighted by atomic mass is 16.5. The number of carbonyl (C=O) groups is 1. The molecule has 24 heavy (non-hydrogen) atoms. The maximum absolute atomic E-state index is 12.9. The van der Waals surface area contributed by atoms with E-state index in [1.807, 2.05) is 17.0 Å². The SMILES string of the molecule is COc1cccnc1NC(=O)N1CCCCC[C@@H]1c1ccncc1.